The first-order valence-corrected chi connectivity index (χ1v) is 11.7. The highest BCUT2D eigenvalue weighted by atomic mass is 32.1. The van der Waals surface area contributed by atoms with Crippen molar-refractivity contribution in [1.29, 1.82) is 0 Å². The van der Waals surface area contributed by atoms with Crippen LogP contribution in [-0.4, -0.2) is 41.4 Å². The van der Waals surface area contributed by atoms with Gasteiger partial charge in [0.05, 0.1) is 25.3 Å². The first kappa shape index (κ1) is 23.3. The number of ether oxygens (including phenoxy) is 2. The van der Waals surface area contributed by atoms with E-state index in [1.165, 1.54) is 5.56 Å². The number of hydrogen-bond donors (Lipinski definition) is 2. The molecule has 2 N–H and O–H groups in total. The van der Waals surface area contributed by atoms with Crippen LogP contribution < -0.4 is 15.6 Å². The summed E-state index contributed by atoms with van der Waals surface area (Å²) in [5.41, 5.74) is 4.80. The molecule has 1 saturated heterocycles. The number of aryl methyl sites for hydroxylation is 2. The van der Waals surface area contributed by atoms with Crippen LogP contribution in [0.4, 0.5) is 0 Å². The van der Waals surface area contributed by atoms with E-state index in [4.69, 9.17) is 21.7 Å². The van der Waals surface area contributed by atoms with Crippen LogP contribution in [0.5, 0.6) is 5.75 Å². The molecule has 6 nitrogen and oxygen atoms in total. The van der Waals surface area contributed by atoms with Gasteiger partial charge in [-0.3, -0.25) is 4.79 Å². The predicted octanol–water partition coefficient (Wildman–Crippen LogP) is 4.21. The van der Waals surface area contributed by atoms with Crippen LogP contribution >= 0.6 is 12.2 Å². The average molecular weight is 466 g/mol. The van der Waals surface area contributed by atoms with E-state index in [9.17, 15) is 4.79 Å². The lowest BCUT2D eigenvalue weighted by Crippen LogP contribution is -2.42. The second kappa shape index (κ2) is 10.4. The fourth-order valence-electron chi connectivity index (χ4n) is 4.32. The van der Waals surface area contributed by atoms with Crippen LogP contribution in [0.1, 0.15) is 35.1 Å². The Balaban J connectivity index is 1.59. The van der Waals surface area contributed by atoms with Gasteiger partial charge >= 0.3 is 0 Å². The second-order valence-corrected chi connectivity index (χ2v) is 9.08. The maximum atomic E-state index is 12.9. The third-order valence-corrected chi connectivity index (χ3v) is 6.46. The molecule has 2 aromatic carbocycles. The minimum Gasteiger partial charge on any atom is -0.497 e. The van der Waals surface area contributed by atoms with Crippen LogP contribution in [0.25, 0.3) is 10.9 Å². The summed E-state index contributed by atoms with van der Waals surface area (Å²) in [5, 5.41) is 5.00. The van der Waals surface area contributed by atoms with Crippen molar-refractivity contribution in [2.45, 2.75) is 45.9 Å². The maximum Gasteiger partial charge on any atom is 0.253 e. The van der Waals surface area contributed by atoms with Gasteiger partial charge in [-0.15, -0.1) is 0 Å². The quantitative estimate of drug-likeness (QED) is 0.510. The fraction of sp³-hybridized carbons (Fsp3) is 0.385. The Morgan fingerprint density at radius 3 is 2.70 bits per heavy atom. The molecule has 1 aliphatic rings. The molecule has 3 aromatic rings. The summed E-state index contributed by atoms with van der Waals surface area (Å²) in [4.78, 5) is 18.1. The van der Waals surface area contributed by atoms with Crippen LogP contribution in [0, 0.1) is 13.8 Å². The molecule has 0 unspecified atom stereocenters. The number of methoxy groups -OCH3 is 1. The molecular formula is C26H31N3O3S. The third-order valence-electron chi connectivity index (χ3n) is 6.06. The monoisotopic (exact) mass is 465 g/mol. The zero-order valence-electron chi connectivity index (χ0n) is 19.4. The molecule has 1 fully saturated rings. The molecule has 0 saturated carbocycles. The van der Waals surface area contributed by atoms with E-state index < -0.39 is 0 Å². The summed E-state index contributed by atoms with van der Waals surface area (Å²) in [7, 11) is 1.65. The summed E-state index contributed by atoms with van der Waals surface area (Å²) in [5.74, 6) is 0.807. The smallest absolute Gasteiger partial charge is 0.253 e. The third kappa shape index (κ3) is 5.72. The Morgan fingerprint density at radius 2 is 2.00 bits per heavy atom. The number of nitrogens with one attached hydrogen (secondary N) is 2. The molecule has 7 heteroatoms. The Labute approximate surface area is 199 Å². The molecule has 1 atom stereocenters. The molecule has 0 aliphatic carbocycles. The number of pyridine rings is 1. The highest BCUT2D eigenvalue weighted by molar-refractivity contribution is 7.80. The summed E-state index contributed by atoms with van der Waals surface area (Å²) in [6, 6.07) is 14.1. The largest absolute Gasteiger partial charge is 0.497 e. The van der Waals surface area contributed by atoms with Crippen LogP contribution in [0.2, 0.25) is 0 Å². The number of fused-ring (bicyclic) bond motifs is 1. The van der Waals surface area contributed by atoms with Crippen molar-refractivity contribution in [3.05, 3.63) is 75.1 Å². The Morgan fingerprint density at radius 1 is 1.21 bits per heavy atom. The van der Waals surface area contributed by atoms with Crippen LogP contribution in [0.3, 0.4) is 0 Å². The molecule has 4 rings (SSSR count). The zero-order valence-corrected chi connectivity index (χ0v) is 20.3. The van der Waals surface area contributed by atoms with E-state index in [0.29, 0.717) is 30.3 Å². The number of benzene rings is 2. The number of aromatic amines is 1. The number of nitrogens with zero attached hydrogens (tertiary/aromatic N) is 1. The van der Waals surface area contributed by atoms with Crippen molar-refractivity contribution < 1.29 is 9.47 Å². The Bertz CT molecular complexity index is 1180. The first-order valence-electron chi connectivity index (χ1n) is 11.3. The predicted molar refractivity (Wildman–Crippen MR) is 136 cm³/mol. The summed E-state index contributed by atoms with van der Waals surface area (Å²) < 4.78 is 11.0. The van der Waals surface area contributed by atoms with Crippen LogP contribution in [0.15, 0.2) is 47.3 Å². The lowest BCUT2D eigenvalue weighted by Gasteiger charge is -2.27. The molecule has 1 aliphatic heterocycles. The lowest BCUT2D eigenvalue weighted by molar-refractivity contribution is 0.113. The van der Waals surface area contributed by atoms with Crippen molar-refractivity contribution in [1.82, 2.24) is 15.2 Å². The normalized spacial score (nSPS) is 15.5. The van der Waals surface area contributed by atoms with Gasteiger partial charge in [-0.1, -0.05) is 23.8 Å². The van der Waals surface area contributed by atoms with E-state index in [-0.39, 0.29) is 11.7 Å². The zero-order chi connectivity index (χ0) is 23.4. The molecule has 0 spiro atoms. The van der Waals surface area contributed by atoms with Gasteiger partial charge in [0, 0.05) is 25.3 Å². The number of rotatable bonds is 7. The van der Waals surface area contributed by atoms with Gasteiger partial charge in [0.1, 0.15) is 5.75 Å². The van der Waals surface area contributed by atoms with Crippen molar-refractivity contribution >= 4 is 28.2 Å². The average Bonchev–Trinajstić information content (AvgIpc) is 3.32. The van der Waals surface area contributed by atoms with Gasteiger partial charge < -0.3 is 24.7 Å². The van der Waals surface area contributed by atoms with E-state index in [0.717, 1.165) is 47.2 Å². The number of hydrogen-bond acceptors (Lipinski definition) is 4. The molecule has 0 radical (unpaired) electrons. The van der Waals surface area contributed by atoms with E-state index in [2.05, 4.69) is 29.4 Å². The van der Waals surface area contributed by atoms with Gasteiger partial charge in [-0.2, -0.15) is 0 Å². The molecule has 2 heterocycles. The highest BCUT2D eigenvalue weighted by Crippen LogP contribution is 2.20. The first-order chi connectivity index (χ1) is 15.9. The number of aromatic nitrogens is 1. The van der Waals surface area contributed by atoms with Crippen molar-refractivity contribution in [2.75, 3.05) is 20.3 Å². The molecule has 0 bridgehead atoms. The van der Waals surface area contributed by atoms with Crippen molar-refractivity contribution in [3.8, 4) is 5.75 Å². The van der Waals surface area contributed by atoms with E-state index in [1.54, 1.807) is 7.11 Å². The standard InChI is InChI=1S/C26H31N3O3S/c1-17-11-18(2)24-20(12-17)13-21(25(30)28-24)16-29(15-19-6-8-22(31-3)9-7-19)26(33)27-14-23-5-4-10-32-23/h6-9,11-13,23H,4-5,10,14-16H2,1-3H3,(H,27,33)(H,28,30)/t23-/m0/s1. The molecular weight excluding hydrogens is 434 g/mol. The maximum absolute atomic E-state index is 12.9. The second-order valence-electron chi connectivity index (χ2n) is 8.69. The van der Waals surface area contributed by atoms with E-state index in [1.807, 2.05) is 42.2 Å². The van der Waals surface area contributed by atoms with Crippen molar-refractivity contribution in [2.24, 2.45) is 0 Å². The van der Waals surface area contributed by atoms with E-state index >= 15 is 0 Å². The number of thiocarbonyl (C=S) groups is 1. The van der Waals surface area contributed by atoms with Gasteiger partial charge in [-0.25, -0.2) is 0 Å². The Kier molecular flexibility index (Phi) is 7.30. The number of H-pyrrole nitrogens is 1. The summed E-state index contributed by atoms with van der Waals surface area (Å²) >= 11 is 5.76. The summed E-state index contributed by atoms with van der Waals surface area (Å²) in [6.07, 6.45) is 2.30. The minimum atomic E-state index is -0.0869. The molecule has 0 amide bonds. The SMILES string of the molecule is COc1ccc(CN(Cc2cc3cc(C)cc(C)c3[nH]c2=O)C(=S)NC[C@@H]2CCCO2)cc1. The highest BCUT2D eigenvalue weighted by Gasteiger charge is 2.19. The Hall–Kier alpha value is -2.90. The van der Waals surface area contributed by atoms with Crippen molar-refractivity contribution in [3.63, 3.8) is 0 Å². The van der Waals surface area contributed by atoms with Crippen LogP contribution in [-0.2, 0) is 17.8 Å². The fourth-order valence-corrected chi connectivity index (χ4v) is 4.54. The molecule has 1 aromatic heterocycles. The van der Waals surface area contributed by atoms with Gasteiger partial charge in [0.25, 0.3) is 5.56 Å². The lowest BCUT2D eigenvalue weighted by atomic mass is 10.1. The molecule has 174 valence electrons. The molecule has 33 heavy (non-hydrogen) atoms. The summed E-state index contributed by atoms with van der Waals surface area (Å²) in [6.45, 7) is 6.54. The van der Waals surface area contributed by atoms with Gasteiger partial charge in [0.2, 0.25) is 0 Å². The van der Waals surface area contributed by atoms with Gasteiger partial charge in [-0.05, 0) is 79.7 Å². The minimum absolute atomic E-state index is 0.0869. The topological polar surface area (TPSA) is 66.6 Å². The van der Waals surface area contributed by atoms with Gasteiger partial charge in [0.15, 0.2) is 5.11 Å².